The summed E-state index contributed by atoms with van der Waals surface area (Å²) < 4.78 is 0. The van der Waals surface area contributed by atoms with Gasteiger partial charge in [0.1, 0.15) is 5.75 Å². The van der Waals surface area contributed by atoms with Crippen molar-refractivity contribution in [1.82, 2.24) is 0 Å². The van der Waals surface area contributed by atoms with E-state index in [4.69, 9.17) is 5.11 Å². The van der Waals surface area contributed by atoms with Gasteiger partial charge in [0, 0.05) is 6.08 Å². The average molecular weight is 300 g/mol. The Balaban J connectivity index is 2.73. The van der Waals surface area contributed by atoms with Crippen LogP contribution in [-0.4, -0.2) is 16.2 Å². The molecule has 1 rings (SSSR count). The maximum Gasteiger partial charge on any atom is 0.328 e. The number of carbonyl (C=O) groups is 1. The van der Waals surface area contributed by atoms with Crippen molar-refractivity contribution in [3.05, 3.63) is 58.7 Å². The fraction of sp³-hybridized carbons (Fsp3) is 0.316. The van der Waals surface area contributed by atoms with Gasteiger partial charge in [-0.1, -0.05) is 29.4 Å². The van der Waals surface area contributed by atoms with E-state index in [1.54, 1.807) is 12.1 Å². The number of phenols is 1. The highest BCUT2D eigenvalue weighted by atomic mass is 16.4. The zero-order valence-electron chi connectivity index (χ0n) is 13.5. The van der Waals surface area contributed by atoms with E-state index in [1.165, 1.54) is 17.2 Å². The van der Waals surface area contributed by atoms with E-state index in [0.717, 1.165) is 30.0 Å². The van der Waals surface area contributed by atoms with E-state index in [2.05, 4.69) is 32.9 Å². The van der Waals surface area contributed by atoms with Crippen LogP contribution >= 0.6 is 0 Å². The standard InChI is InChI=1S/C19H24O3/c1-14(2)5-4-6-15(3)7-10-17-13-16(8-11-18(17)20)9-12-19(21)22/h5,7-9,11-13,20H,4,6,10H2,1-3H3,(H,21,22). The molecule has 0 atom stereocenters. The van der Waals surface area contributed by atoms with Crippen LogP contribution in [0, 0.1) is 0 Å². The molecule has 0 saturated heterocycles. The number of rotatable bonds is 7. The molecule has 0 saturated carbocycles. The van der Waals surface area contributed by atoms with Crippen molar-refractivity contribution in [2.75, 3.05) is 0 Å². The maximum absolute atomic E-state index is 10.5. The second-order valence-electron chi connectivity index (χ2n) is 5.63. The Hall–Kier alpha value is -2.29. The average Bonchev–Trinajstić information content (AvgIpc) is 2.44. The molecule has 0 bridgehead atoms. The first-order chi connectivity index (χ1) is 10.4. The summed E-state index contributed by atoms with van der Waals surface area (Å²) in [6.45, 7) is 6.27. The van der Waals surface area contributed by atoms with Gasteiger partial charge in [-0.15, -0.1) is 0 Å². The summed E-state index contributed by atoms with van der Waals surface area (Å²) in [6.07, 6.45) is 9.61. The molecule has 2 N–H and O–H groups in total. The molecule has 0 aromatic heterocycles. The summed E-state index contributed by atoms with van der Waals surface area (Å²) in [5, 5.41) is 18.5. The number of carboxylic acid groups (broad SMARTS) is 1. The number of hydrogen-bond acceptors (Lipinski definition) is 2. The number of allylic oxidation sites excluding steroid dienone is 4. The van der Waals surface area contributed by atoms with Crippen LogP contribution in [0.4, 0.5) is 0 Å². The lowest BCUT2D eigenvalue weighted by molar-refractivity contribution is -0.131. The lowest BCUT2D eigenvalue weighted by Gasteiger charge is -2.05. The van der Waals surface area contributed by atoms with Gasteiger partial charge in [0.05, 0.1) is 0 Å². The Morgan fingerprint density at radius 2 is 1.91 bits per heavy atom. The minimum Gasteiger partial charge on any atom is -0.508 e. The van der Waals surface area contributed by atoms with Gasteiger partial charge in [0.25, 0.3) is 0 Å². The van der Waals surface area contributed by atoms with Gasteiger partial charge in [-0.25, -0.2) is 4.79 Å². The van der Waals surface area contributed by atoms with Crippen molar-refractivity contribution >= 4 is 12.0 Å². The van der Waals surface area contributed by atoms with Crippen molar-refractivity contribution < 1.29 is 15.0 Å². The first-order valence-electron chi connectivity index (χ1n) is 7.40. The Labute approximate surface area is 132 Å². The quantitative estimate of drug-likeness (QED) is 0.565. The lowest BCUT2D eigenvalue weighted by Crippen LogP contribution is -1.88. The zero-order valence-corrected chi connectivity index (χ0v) is 13.5. The molecule has 0 aliphatic rings. The number of benzene rings is 1. The summed E-state index contributed by atoms with van der Waals surface area (Å²) in [4.78, 5) is 10.5. The summed E-state index contributed by atoms with van der Waals surface area (Å²) >= 11 is 0. The van der Waals surface area contributed by atoms with Crippen LogP contribution in [0.2, 0.25) is 0 Å². The van der Waals surface area contributed by atoms with Crippen LogP contribution in [0.25, 0.3) is 6.08 Å². The van der Waals surface area contributed by atoms with Gasteiger partial charge in [0.15, 0.2) is 0 Å². The van der Waals surface area contributed by atoms with Crippen molar-refractivity contribution in [1.29, 1.82) is 0 Å². The molecule has 1 aromatic carbocycles. The smallest absolute Gasteiger partial charge is 0.328 e. The van der Waals surface area contributed by atoms with Crippen molar-refractivity contribution in [3.8, 4) is 5.75 Å². The van der Waals surface area contributed by atoms with Gasteiger partial charge < -0.3 is 10.2 Å². The van der Waals surface area contributed by atoms with Gasteiger partial charge >= 0.3 is 5.97 Å². The number of aliphatic carboxylic acids is 1. The van der Waals surface area contributed by atoms with Gasteiger partial charge in [-0.3, -0.25) is 0 Å². The highest BCUT2D eigenvalue weighted by molar-refractivity contribution is 5.85. The monoisotopic (exact) mass is 300 g/mol. The molecule has 118 valence electrons. The molecule has 0 unspecified atom stereocenters. The normalized spacial score (nSPS) is 11.7. The highest BCUT2D eigenvalue weighted by Crippen LogP contribution is 2.21. The highest BCUT2D eigenvalue weighted by Gasteiger charge is 2.01. The minimum atomic E-state index is -0.982. The van der Waals surface area contributed by atoms with Gasteiger partial charge in [-0.05, 0) is 69.4 Å². The Morgan fingerprint density at radius 3 is 2.55 bits per heavy atom. The molecule has 0 fully saturated rings. The third-order valence-electron chi connectivity index (χ3n) is 3.28. The molecule has 0 spiro atoms. The lowest BCUT2D eigenvalue weighted by atomic mass is 10.0. The first-order valence-corrected chi connectivity index (χ1v) is 7.40. The molecule has 22 heavy (non-hydrogen) atoms. The summed E-state index contributed by atoms with van der Waals surface area (Å²) in [6, 6.07) is 5.11. The zero-order chi connectivity index (χ0) is 16.5. The van der Waals surface area contributed by atoms with Crippen LogP contribution in [0.1, 0.15) is 44.7 Å². The van der Waals surface area contributed by atoms with Crippen LogP contribution < -0.4 is 0 Å². The summed E-state index contributed by atoms with van der Waals surface area (Å²) in [5.41, 5.74) is 4.17. The SMILES string of the molecule is CC(C)=CCCC(C)=CCc1cc(C=CC(=O)O)ccc1O. The van der Waals surface area contributed by atoms with E-state index in [-0.39, 0.29) is 5.75 Å². The Bertz CT molecular complexity index is 603. The molecule has 0 radical (unpaired) electrons. The minimum absolute atomic E-state index is 0.237. The number of phenolic OH excluding ortho intramolecular Hbond substituents is 1. The van der Waals surface area contributed by atoms with Gasteiger partial charge in [0.2, 0.25) is 0 Å². The largest absolute Gasteiger partial charge is 0.508 e. The van der Waals surface area contributed by atoms with E-state index in [0.29, 0.717) is 6.42 Å². The Kier molecular flexibility index (Phi) is 7.17. The Morgan fingerprint density at radius 1 is 1.18 bits per heavy atom. The summed E-state index contributed by atoms with van der Waals surface area (Å²) in [7, 11) is 0. The number of hydrogen-bond donors (Lipinski definition) is 2. The van der Waals surface area contributed by atoms with Gasteiger partial charge in [-0.2, -0.15) is 0 Å². The predicted octanol–water partition coefficient (Wildman–Crippen LogP) is 4.73. The van der Waals surface area contributed by atoms with Crippen molar-refractivity contribution in [2.45, 2.75) is 40.0 Å². The summed E-state index contributed by atoms with van der Waals surface area (Å²) in [5.74, 6) is -0.745. The molecular weight excluding hydrogens is 276 g/mol. The van der Waals surface area contributed by atoms with Crippen LogP contribution in [0.5, 0.6) is 5.75 Å². The van der Waals surface area contributed by atoms with E-state index >= 15 is 0 Å². The molecule has 0 aliphatic heterocycles. The maximum atomic E-state index is 10.5. The van der Waals surface area contributed by atoms with E-state index in [9.17, 15) is 9.90 Å². The molecule has 0 amide bonds. The molecule has 1 aromatic rings. The van der Waals surface area contributed by atoms with Crippen molar-refractivity contribution in [2.24, 2.45) is 0 Å². The predicted molar refractivity (Wildman–Crippen MR) is 90.9 cm³/mol. The second-order valence-corrected chi connectivity index (χ2v) is 5.63. The second kappa shape index (κ2) is 8.88. The third kappa shape index (κ3) is 6.93. The molecule has 3 heteroatoms. The molecule has 3 nitrogen and oxygen atoms in total. The van der Waals surface area contributed by atoms with Crippen LogP contribution in [0.15, 0.2) is 47.6 Å². The number of aromatic hydroxyl groups is 1. The van der Waals surface area contributed by atoms with Crippen LogP contribution in [0.3, 0.4) is 0 Å². The first kappa shape index (κ1) is 17.8. The fourth-order valence-corrected chi connectivity index (χ4v) is 2.01. The molecule has 0 heterocycles. The molecule has 0 aliphatic carbocycles. The van der Waals surface area contributed by atoms with Crippen molar-refractivity contribution in [3.63, 3.8) is 0 Å². The fourth-order valence-electron chi connectivity index (χ4n) is 2.01. The topological polar surface area (TPSA) is 57.5 Å². The van der Waals surface area contributed by atoms with E-state index in [1.807, 2.05) is 6.07 Å². The molecular formula is C19H24O3. The number of carboxylic acids is 1. The third-order valence-corrected chi connectivity index (χ3v) is 3.28. The van der Waals surface area contributed by atoms with Crippen LogP contribution in [-0.2, 0) is 11.2 Å². The van der Waals surface area contributed by atoms with E-state index < -0.39 is 5.97 Å².